The molecule has 3 fully saturated rings. The molecular formula is C60H111NO18. The molecule has 0 bridgehead atoms. The van der Waals surface area contributed by atoms with Crippen molar-refractivity contribution >= 4 is 5.91 Å². The van der Waals surface area contributed by atoms with Gasteiger partial charge in [-0.1, -0.05) is 192 Å². The van der Waals surface area contributed by atoms with Gasteiger partial charge >= 0.3 is 0 Å². The smallest absolute Gasteiger partial charge is 0.220 e. The molecule has 3 rings (SSSR count). The largest absolute Gasteiger partial charge is 0.394 e. The van der Waals surface area contributed by atoms with Gasteiger partial charge in [-0.2, -0.15) is 0 Å². The Morgan fingerprint density at radius 2 is 0.835 bits per heavy atom. The van der Waals surface area contributed by atoms with Crippen LogP contribution in [0.2, 0.25) is 0 Å². The summed E-state index contributed by atoms with van der Waals surface area (Å²) in [7, 11) is 0. The standard InChI is InChI=1S/C60H111NO18/c1-3-5-7-9-11-13-14-15-16-17-18-19-20-21-22-23-24-25-26-27-28-30-32-34-36-38-48(66)61-43(44(65)37-35-33-31-29-12-10-8-6-4-2)42-74-58-54(72)51(69)56(46(40-63)76-58)79-60-55(73)52(70)57(47(41-64)77-60)78-59-53(71)50(68)49(67)45(39-62)75-59/h14-15,17-18,43-47,49-60,62-65,67-73H,3-13,16,19-42H2,1-2H3,(H,61,66)/b15-14-,18-17-. The first-order valence-electron chi connectivity index (χ1n) is 31.1. The Kier molecular flexibility index (Phi) is 39.7. The summed E-state index contributed by atoms with van der Waals surface area (Å²) in [6, 6.07) is -0.883. The van der Waals surface area contributed by atoms with Crippen molar-refractivity contribution in [2.75, 3.05) is 26.4 Å². The van der Waals surface area contributed by atoms with Crippen LogP contribution in [-0.2, 0) is 33.2 Å². The van der Waals surface area contributed by atoms with E-state index in [1.54, 1.807) is 0 Å². The molecule has 3 aliphatic heterocycles. The first kappa shape index (κ1) is 71.5. The molecule has 17 atom stereocenters. The van der Waals surface area contributed by atoms with E-state index in [2.05, 4.69) is 43.5 Å². The van der Waals surface area contributed by atoms with Gasteiger partial charge in [0, 0.05) is 6.42 Å². The van der Waals surface area contributed by atoms with Crippen molar-refractivity contribution in [3.8, 4) is 0 Å². The third-order valence-corrected chi connectivity index (χ3v) is 15.8. The van der Waals surface area contributed by atoms with Crippen molar-refractivity contribution in [2.45, 2.75) is 324 Å². The van der Waals surface area contributed by atoms with Crippen LogP contribution in [0, 0.1) is 0 Å². The number of allylic oxidation sites excluding steroid dienone is 4. The summed E-state index contributed by atoms with van der Waals surface area (Å²) in [5.74, 6) is -0.246. The molecule has 0 aromatic rings. The quantitative estimate of drug-likeness (QED) is 0.0248. The zero-order valence-electron chi connectivity index (χ0n) is 48.4. The van der Waals surface area contributed by atoms with Gasteiger partial charge in [-0.15, -0.1) is 0 Å². The zero-order chi connectivity index (χ0) is 57.6. The fraction of sp³-hybridized carbons (Fsp3) is 0.917. The summed E-state index contributed by atoms with van der Waals surface area (Å²) in [5, 5.41) is 120. The Morgan fingerprint density at radius 1 is 0.456 bits per heavy atom. The third kappa shape index (κ3) is 27.7. The molecule has 464 valence electrons. The van der Waals surface area contributed by atoms with Crippen LogP contribution in [-0.4, -0.2) is 193 Å². The van der Waals surface area contributed by atoms with Crippen molar-refractivity contribution in [3.05, 3.63) is 24.3 Å². The minimum atomic E-state index is -1.97. The lowest BCUT2D eigenvalue weighted by molar-refractivity contribution is -0.379. The lowest BCUT2D eigenvalue weighted by Crippen LogP contribution is -2.66. The Bertz CT molecular complexity index is 1540. The van der Waals surface area contributed by atoms with Gasteiger partial charge in [-0.3, -0.25) is 4.79 Å². The highest BCUT2D eigenvalue weighted by Gasteiger charge is 2.53. The second kappa shape index (κ2) is 43.8. The molecule has 3 heterocycles. The van der Waals surface area contributed by atoms with Crippen LogP contribution in [0.4, 0.5) is 0 Å². The molecule has 19 nitrogen and oxygen atoms in total. The molecule has 19 heteroatoms. The first-order valence-corrected chi connectivity index (χ1v) is 31.1. The molecular weight excluding hydrogens is 1020 g/mol. The van der Waals surface area contributed by atoms with Crippen molar-refractivity contribution in [1.29, 1.82) is 0 Å². The van der Waals surface area contributed by atoms with Crippen molar-refractivity contribution < 1.29 is 89.4 Å². The molecule has 0 aromatic carbocycles. The van der Waals surface area contributed by atoms with Gasteiger partial charge in [0.1, 0.15) is 73.2 Å². The highest BCUT2D eigenvalue weighted by Crippen LogP contribution is 2.33. The summed E-state index contributed by atoms with van der Waals surface area (Å²) >= 11 is 0. The van der Waals surface area contributed by atoms with Gasteiger partial charge in [-0.25, -0.2) is 0 Å². The molecule has 12 N–H and O–H groups in total. The van der Waals surface area contributed by atoms with Crippen LogP contribution in [0.5, 0.6) is 0 Å². The molecule has 3 aliphatic rings. The maximum atomic E-state index is 13.3. The first-order chi connectivity index (χ1) is 38.3. The molecule has 0 spiro atoms. The van der Waals surface area contributed by atoms with E-state index in [9.17, 15) is 61.0 Å². The molecule has 0 aromatic heterocycles. The number of carbonyl (C=O) groups is 1. The highest BCUT2D eigenvalue weighted by molar-refractivity contribution is 5.76. The number of aliphatic hydroxyl groups is 11. The van der Waals surface area contributed by atoms with Crippen LogP contribution in [0.15, 0.2) is 24.3 Å². The summed E-state index contributed by atoms with van der Waals surface area (Å²) < 4.78 is 34.3. The summed E-state index contributed by atoms with van der Waals surface area (Å²) in [5.41, 5.74) is 0. The van der Waals surface area contributed by atoms with Crippen molar-refractivity contribution in [3.63, 3.8) is 0 Å². The fourth-order valence-corrected chi connectivity index (χ4v) is 10.6. The van der Waals surface area contributed by atoms with Crippen LogP contribution in [0.25, 0.3) is 0 Å². The number of hydrogen-bond acceptors (Lipinski definition) is 18. The minimum absolute atomic E-state index is 0.246. The van der Waals surface area contributed by atoms with E-state index in [0.29, 0.717) is 12.8 Å². The van der Waals surface area contributed by atoms with E-state index in [1.807, 2.05) is 0 Å². The minimum Gasteiger partial charge on any atom is -0.394 e. The number of unbranched alkanes of at least 4 members (excludes halogenated alkanes) is 26. The van der Waals surface area contributed by atoms with E-state index < -0.39 is 124 Å². The van der Waals surface area contributed by atoms with Gasteiger partial charge in [0.05, 0.1) is 38.6 Å². The number of ether oxygens (including phenoxy) is 6. The lowest BCUT2D eigenvalue weighted by Gasteiger charge is -2.48. The molecule has 1 amide bonds. The van der Waals surface area contributed by atoms with Crippen molar-refractivity contribution in [2.24, 2.45) is 0 Å². The number of carbonyl (C=O) groups excluding carboxylic acids is 1. The summed E-state index contributed by atoms with van der Waals surface area (Å²) in [6.07, 6.45) is 18.6. The van der Waals surface area contributed by atoms with Gasteiger partial charge in [0.25, 0.3) is 0 Å². The van der Waals surface area contributed by atoms with Gasteiger partial charge < -0.3 is 89.9 Å². The molecule has 79 heavy (non-hydrogen) atoms. The molecule has 0 aliphatic carbocycles. The van der Waals surface area contributed by atoms with E-state index in [1.165, 1.54) is 135 Å². The Hall–Kier alpha value is -1.73. The lowest BCUT2D eigenvalue weighted by atomic mass is 9.96. The third-order valence-electron chi connectivity index (χ3n) is 15.8. The monoisotopic (exact) mass is 1130 g/mol. The molecule has 3 saturated heterocycles. The van der Waals surface area contributed by atoms with Crippen molar-refractivity contribution in [1.82, 2.24) is 5.32 Å². The number of hydrogen-bond donors (Lipinski definition) is 12. The van der Waals surface area contributed by atoms with E-state index in [-0.39, 0.29) is 18.9 Å². The van der Waals surface area contributed by atoms with Gasteiger partial charge in [0.15, 0.2) is 18.9 Å². The van der Waals surface area contributed by atoms with E-state index in [0.717, 1.165) is 51.4 Å². The predicted octanol–water partition coefficient (Wildman–Crippen LogP) is 5.93. The van der Waals surface area contributed by atoms with E-state index >= 15 is 0 Å². The second-order valence-corrected chi connectivity index (χ2v) is 22.5. The Morgan fingerprint density at radius 3 is 1.29 bits per heavy atom. The normalized spacial score (nSPS) is 30.4. The second-order valence-electron chi connectivity index (χ2n) is 22.5. The SMILES string of the molecule is CCCCCCC/C=C\C/C=C\CCCCCCCCCCCCCCCC(=O)NC(COC1OC(CO)C(OC2OC(CO)C(OC3OC(CO)C(O)C(O)C3O)C(O)C2O)C(O)C1O)C(O)CCCCCCCCCCC. The summed E-state index contributed by atoms with van der Waals surface area (Å²) in [6.45, 7) is 1.75. The molecule has 0 saturated carbocycles. The van der Waals surface area contributed by atoms with Crippen LogP contribution in [0.3, 0.4) is 0 Å². The molecule has 0 radical (unpaired) electrons. The Labute approximate surface area is 473 Å². The Balaban J connectivity index is 1.41. The fourth-order valence-electron chi connectivity index (χ4n) is 10.6. The summed E-state index contributed by atoms with van der Waals surface area (Å²) in [4.78, 5) is 13.3. The predicted molar refractivity (Wildman–Crippen MR) is 300 cm³/mol. The zero-order valence-corrected chi connectivity index (χ0v) is 48.4. The van der Waals surface area contributed by atoms with Crippen LogP contribution in [0.1, 0.15) is 219 Å². The number of amides is 1. The average Bonchev–Trinajstić information content (AvgIpc) is 3.47. The number of rotatable bonds is 46. The van der Waals surface area contributed by atoms with E-state index in [4.69, 9.17) is 28.4 Å². The average molecular weight is 1130 g/mol. The van der Waals surface area contributed by atoms with Gasteiger partial charge in [-0.05, 0) is 44.9 Å². The highest BCUT2D eigenvalue weighted by atomic mass is 16.8. The van der Waals surface area contributed by atoms with Crippen LogP contribution >= 0.6 is 0 Å². The number of aliphatic hydroxyl groups excluding tert-OH is 11. The maximum Gasteiger partial charge on any atom is 0.220 e. The van der Waals surface area contributed by atoms with Crippen LogP contribution < -0.4 is 5.32 Å². The topological polar surface area (TPSA) is 307 Å². The molecule has 17 unspecified atom stereocenters. The number of nitrogens with one attached hydrogen (secondary N) is 1. The maximum absolute atomic E-state index is 13.3. The van der Waals surface area contributed by atoms with Gasteiger partial charge in [0.2, 0.25) is 5.91 Å².